The molecular weight excluding hydrogens is 248 g/mol. The summed E-state index contributed by atoms with van der Waals surface area (Å²) < 4.78 is 5.45. The zero-order valence-electron chi connectivity index (χ0n) is 10.5. The van der Waals surface area contributed by atoms with Crippen LogP contribution in [-0.4, -0.2) is 42.0 Å². The second-order valence-electron chi connectivity index (χ2n) is 4.38. The van der Waals surface area contributed by atoms with E-state index in [9.17, 15) is 4.79 Å². The zero-order valence-corrected chi connectivity index (χ0v) is 11.3. The molecule has 1 unspecified atom stereocenters. The summed E-state index contributed by atoms with van der Waals surface area (Å²) in [5, 5.41) is 0. The molecule has 1 aromatic rings. The average Bonchev–Trinajstić information content (AvgIpc) is 2.90. The third-order valence-electron chi connectivity index (χ3n) is 3.09. The molecule has 0 bridgehead atoms. The molecule has 1 aliphatic heterocycles. The van der Waals surface area contributed by atoms with Crippen LogP contribution in [0.25, 0.3) is 0 Å². The normalized spacial score (nSPS) is 18.6. The van der Waals surface area contributed by atoms with Gasteiger partial charge in [-0.2, -0.15) is 11.8 Å². The van der Waals surface area contributed by atoms with Crippen LogP contribution in [0.15, 0.2) is 24.3 Å². The van der Waals surface area contributed by atoms with Gasteiger partial charge in [-0.3, -0.25) is 4.79 Å². The highest BCUT2D eigenvalue weighted by atomic mass is 32.2. The van der Waals surface area contributed by atoms with Crippen LogP contribution < -0.4 is 10.5 Å². The van der Waals surface area contributed by atoms with E-state index in [-0.39, 0.29) is 12.5 Å². The number of thioether (sulfide) groups is 1. The van der Waals surface area contributed by atoms with Gasteiger partial charge in [0, 0.05) is 24.5 Å². The largest absolute Gasteiger partial charge is 0.484 e. The lowest BCUT2D eigenvalue weighted by Crippen LogP contribution is -2.39. The summed E-state index contributed by atoms with van der Waals surface area (Å²) in [7, 11) is 1.85. The molecule has 5 heteroatoms. The van der Waals surface area contributed by atoms with Crippen molar-refractivity contribution in [2.45, 2.75) is 12.5 Å². The topological polar surface area (TPSA) is 55.6 Å². The van der Waals surface area contributed by atoms with Crippen molar-refractivity contribution in [3.05, 3.63) is 24.3 Å². The maximum absolute atomic E-state index is 11.9. The number of hydrogen-bond donors (Lipinski definition) is 1. The second kappa shape index (κ2) is 6.00. The summed E-state index contributed by atoms with van der Waals surface area (Å²) in [4.78, 5) is 13.7. The van der Waals surface area contributed by atoms with Crippen molar-refractivity contribution in [1.29, 1.82) is 0 Å². The number of hydrogen-bond acceptors (Lipinski definition) is 4. The minimum atomic E-state index is 0.0272. The predicted molar refractivity (Wildman–Crippen MR) is 74.8 cm³/mol. The highest BCUT2D eigenvalue weighted by molar-refractivity contribution is 7.99. The fourth-order valence-corrected chi connectivity index (χ4v) is 3.11. The van der Waals surface area contributed by atoms with E-state index >= 15 is 0 Å². The third kappa shape index (κ3) is 3.32. The van der Waals surface area contributed by atoms with Crippen LogP contribution in [0.3, 0.4) is 0 Å². The van der Waals surface area contributed by atoms with E-state index in [1.54, 1.807) is 29.2 Å². The van der Waals surface area contributed by atoms with Crippen molar-refractivity contribution in [2.75, 3.05) is 30.9 Å². The molecule has 4 nitrogen and oxygen atoms in total. The number of nitrogens with zero attached hydrogens (tertiary/aromatic N) is 1. The molecule has 1 atom stereocenters. The van der Waals surface area contributed by atoms with E-state index in [0.29, 0.717) is 17.5 Å². The van der Waals surface area contributed by atoms with Crippen LogP contribution in [-0.2, 0) is 4.79 Å². The number of ether oxygens (including phenoxy) is 1. The molecule has 0 aliphatic carbocycles. The minimum Gasteiger partial charge on any atom is -0.484 e. The lowest BCUT2D eigenvalue weighted by atomic mass is 10.2. The van der Waals surface area contributed by atoms with Gasteiger partial charge in [-0.05, 0) is 36.4 Å². The molecule has 1 heterocycles. The Morgan fingerprint density at radius 3 is 2.83 bits per heavy atom. The number of amides is 1. The molecule has 0 radical (unpaired) electrons. The van der Waals surface area contributed by atoms with E-state index in [1.807, 2.05) is 18.8 Å². The number of benzene rings is 1. The molecule has 1 amide bonds. The van der Waals surface area contributed by atoms with Crippen LogP contribution >= 0.6 is 11.8 Å². The molecule has 18 heavy (non-hydrogen) atoms. The van der Waals surface area contributed by atoms with Gasteiger partial charge in [-0.25, -0.2) is 0 Å². The summed E-state index contributed by atoms with van der Waals surface area (Å²) >= 11 is 1.90. The summed E-state index contributed by atoms with van der Waals surface area (Å²) in [6, 6.07) is 7.42. The van der Waals surface area contributed by atoms with Gasteiger partial charge in [0.1, 0.15) is 5.75 Å². The summed E-state index contributed by atoms with van der Waals surface area (Å²) in [5.41, 5.74) is 6.27. The van der Waals surface area contributed by atoms with E-state index in [1.165, 1.54) is 0 Å². The fourth-order valence-electron chi connectivity index (χ4n) is 1.84. The van der Waals surface area contributed by atoms with Crippen molar-refractivity contribution >= 4 is 23.4 Å². The molecule has 1 fully saturated rings. The smallest absolute Gasteiger partial charge is 0.260 e. The number of nitrogens with two attached hydrogens (primary N) is 1. The Balaban J connectivity index is 1.82. The SMILES string of the molecule is CN(C(=O)COc1ccc(N)cc1)C1CCSC1. The summed E-state index contributed by atoms with van der Waals surface area (Å²) in [6.07, 6.45) is 1.08. The van der Waals surface area contributed by atoms with Gasteiger partial charge in [-0.15, -0.1) is 0 Å². The van der Waals surface area contributed by atoms with Crippen molar-refractivity contribution in [3.63, 3.8) is 0 Å². The molecule has 0 saturated carbocycles. The fraction of sp³-hybridized carbons (Fsp3) is 0.462. The van der Waals surface area contributed by atoms with Crippen molar-refractivity contribution in [2.24, 2.45) is 0 Å². The zero-order chi connectivity index (χ0) is 13.0. The number of anilines is 1. The lowest BCUT2D eigenvalue weighted by Gasteiger charge is -2.23. The lowest BCUT2D eigenvalue weighted by molar-refractivity contribution is -0.133. The Kier molecular flexibility index (Phi) is 4.36. The number of carbonyl (C=O) groups excluding carboxylic acids is 1. The van der Waals surface area contributed by atoms with Gasteiger partial charge in [0.05, 0.1) is 0 Å². The van der Waals surface area contributed by atoms with Gasteiger partial charge in [0.2, 0.25) is 0 Å². The second-order valence-corrected chi connectivity index (χ2v) is 5.53. The summed E-state index contributed by atoms with van der Waals surface area (Å²) in [5.74, 6) is 2.87. The maximum atomic E-state index is 11.9. The van der Waals surface area contributed by atoms with E-state index < -0.39 is 0 Å². The Labute approximate surface area is 111 Å². The standard InChI is InChI=1S/C13H18N2O2S/c1-15(11-6-7-18-9-11)13(16)8-17-12-4-2-10(14)3-5-12/h2-5,11H,6-9,14H2,1H3. The molecule has 2 rings (SSSR count). The number of likely N-dealkylation sites (N-methyl/N-ethyl adjacent to an activating group) is 1. The van der Waals surface area contributed by atoms with Gasteiger partial charge in [-0.1, -0.05) is 0 Å². The molecule has 1 saturated heterocycles. The van der Waals surface area contributed by atoms with Crippen LogP contribution in [0, 0.1) is 0 Å². The Bertz CT molecular complexity index is 402. The van der Waals surface area contributed by atoms with Crippen LogP contribution in [0.4, 0.5) is 5.69 Å². The first-order chi connectivity index (χ1) is 8.66. The quantitative estimate of drug-likeness (QED) is 0.841. The minimum absolute atomic E-state index is 0.0272. The van der Waals surface area contributed by atoms with Gasteiger partial charge >= 0.3 is 0 Å². The first-order valence-electron chi connectivity index (χ1n) is 5.98. The maximum Gasteiger partial charge on any atom is 0.260 e. The van der Waals surface area contributed by atoms with Crippen LogP contribution in [0.5, 0.6) is 5.75 Å². The molecule has 0 aromatic heterocycles. The number of carbonyl (C=O) groups is 1. The van der Waals surface area contributed by atoms with Crippen LogP contribution in [0.1, 0.15) is 6.42 Å². The van der Waals surface area contributed by atoms with Crippen molar-refractivity contribution in [1.82, 2.24) is 4.90 Å². The van der Waals surface area contributed by atoms with Crippen molar-refractivity contribution in [3.8, 4) is 5.75 Å². The Hall–Kier alpha value is -1.36. The van der Waals surface area contributed by atoms with E-state index in [4.69, 9.17) is 10.5 Å². The highest BCUT2D eigenvalue weighted by Crippen LogP contribution is 2.21. The first-order valence-corrected chi connectivity index (χ1v) is 7.14. The molecule has 0 spiro atoms. The predicted octanol–water partition coefficient (Wildman–Crippen LogP) is 1.61. The van der Waals surface area contributed by atoms with Gasteiger partial charge < -0.3 is 15.4 Å². The number of rotatable bonds is 4. The number of nitrogen functional groups attached to an aromatic ring is 1. The molecule has 2 N–H and O–H groups in total. The third-order valence-corrected chi connectivity index (χ3v) is 4.23. The van der Waals surface area contributed by atoms with Crippen LogP contribution in [0.2, 0.25) is 0 Å². The Morgan fingerprint density at radius 1 is 1.50 bits per heavy atom. The average molecular weight is 266 g/mol. The summed E-state index contributed by atoms with van der Waals surface area (Å²) in [6.45, 7) is 0.0849. The van der Waals surface area contributed by atoms with E-state index in [0.717, 1.165) is 17.9 Å². The van der Waals surface area contributed by atoms with E-state index in [2.05, 4.69) is 0 Å². The Morgan fingerprint density at radius 2 is 2.22 bits per heavy atom. The monoisotopic (exact) mass is 266 g/mol. The molecule has 1 aliphatic rings. The van der Waals surface area contributed by atoms with Crippen molar-refractivity contribution < 1.29 is 9.53 Å². The highest BCUT2D eigenvalue weighted by Gasteiger charge is 2.23. The first kappa shape index (κ1) is 13.1. The van der Waals surface area contributed by atoms with Gasteiger partial charge in [0.25, 0.3) is 5.91 Å². The molecule has 1 aromatic carbocycles. The molecule has 98 valence electrons. The molecular formula is C13H18N2O2S. The van der Waals surface area contributed by atoms with Gasteiger partial charge in [0.15, 0.2) is 6.61 Å².